The molecule has 0 radical (unpaired) electrons. The summed E-state index contributed by atoms with van der Waals surface area (Å²) < 4.78 is 53.6. The van der Waals surface area contributed by atoms with E-state index in [1.165, 1.54) is 4.90 Å². The molecule has 3 fully saturated rings. The Balaban J connectivity index is 1.34. The summed E-state index contributed by atoms with van der Waals surface area (Å²) in [7, 11) is 0. The maximum atomic E-state index is 14.7. The molecule has 188 valence electrons. The van der Waals surface area contributed by atoms with Gasteiger partial charge in [-0.15, -0.1) is 0 Å². The van der Waals surface area contributed by atoms with Crippen LogP contribution in [-0.2, 0) is 16.4 Å². The topological polar surface area (TPSA) is 73.2 Å². The molecule has 0 spiro atoms. The molecular formula is C27H25F4N3O2. The number of hydrogen-bond acceptors (Lipinski definition) is 3. The molecule has 5 nitrogen and oxygen atoms in total. The van der Waals surface area contributed by atoms with Gasteiger partial charge in [-0.1, -0.05) is 18.2 Å². The molecule has 9 heteroatoms. The molecule has 3 aliphatic rings. The van der Waals surface area contributed by atoms with Crippen LogP contribution in [0, 0.1) is 23.1 Å². The molecule has 5 rings (SSSR count). The number of amides is 2. The summed E-state index contributed by atoms with van der Waals surface area (Å²) in [5.41, 5.74) is -0.400. The predicted molar refractivity (Wildman–Crippen MR) is 122 cm³/mol. The van der Waals surface area contributed by atoms with E-state index in [4.69, 9.17) is 0 Å². The van der Waals surface area contributed by atoms with Crippen LogP contribution in [0.5, 0.6) is 0 Å². The van der Waals surface area contributed by atoms with Gasteiger partial charge in [-0.05, 0) is 74.3 Å². The molecule has 1 N–H and O–H groups in total. The van der Waals surface area contributed by atoms with Crippen LogP contribution < -0.4 is 5.32 Å². The Hall–Kier alpha value is -3.41. The SMILES string of the molecule is N#CC1(c2cccc(C(=O)N3CCC[C@@H]3C(=O)NC(c3ccc(C(F)(F)F)cc3F)C3CC3)c2)CC1. The first kappa shape index (κ1) is 24.3. The number of nitrogens with zero attached hydrogens (tertiary/aromatic N) is 2. The van der Waals surface area contributed by atoms with Crippen molar-refractivity contribution in [2.45, 2.75) is 62.2 Å². The van der Waals surface area contributed by atoms with Crippen LogP contribution in [0.4, 0.5) is 17.6 Å². The maximum absolute atomic E-state index is 14.7. The summed E-state index contributed by atoms with van der Waals surface area (Å²) >= 11 is 0. The first-order chi connectivity index (χ1) is 17.1. The van der Waals surface area contributed by atoms with Gasteiger partial charge in [0.2, 0.25) is 5.91 Å². The average Bonchev–Trinajstić information content (AvgIpc) is 3.79. The first-order valence-electron chi connectivity index (χ1n) is 12.1. The van der Waals surface area contributed by atoms with E-state index >= 15 is 0 Å². The summed E-state index contributed by atoms with van der Waals surface area (Å²) in [6.07, 6.45) is -0.650. The minimum absolute atomic E-state index is 0.0219. The van der Waals surface area contributed by atoms with Crippen LogP contribution in [0.1, 0.15) is 71.6 Å². The number of likely N-dealkylation sites (tertiary alicyclic amines) is 1. The Morgan fingerprint density at radius 1 is 1.11 bits per heavy atom. The summed E-state index contributed by atoms with van der Waals surface area (Å²) in [4.78, 5) is 28.1. The molecule has 2 aromatic carbocycles. The number of carbonyl (C=O) groups is 2. The van der Waals surface area contributed by atoms with Gasteiger partial charge in [0.05, 0.1) is 23.1 Å². The maximum Gasteiger partial charge on any atom is 0.416 e. The lowest BCUT2D eigenvalue weighted by Crippen LogP contribution is -2.47. The smallest absolute Gasteiger partial charge is 0.347 e. The van der Waals surface area contributed by atoms with E-state index in [1.54, 1.807) is 18.2 Å². The highest BCUT2D eigenvalue weighted by Crippen LogP contribution is 2.47. The third kappa shape index (κ3) is 4.57. The lowest BCUT2D eigenvalue weighted by Gasteiger charge is -2.27. The van der Waals surface area contributed by atoms with Crippen molar-refractivity contribution in [1.29, 1.82) is 5.26 Å². The van der Waals surface area contributed by atoms with E-state index in [-0.39, 0.29) is 17.4 Å². The summed E-state index contributed by atoms with van der Waals surface area (Å²) in [5, 5.41) is 12.3. The lowest BCUT2D eigenvalue weighted by molar-refractivity contribution is -0.137. The largest absolute Gasteiger partial charge is 0.416 e. The molecule has 2 aliphatic carbocycles. The zero-order valence-corrected chi connectivity index (χ0v) is 19.4. The zero-order valence-electron chi connectivity index (χ0n) is 19.4. The van der Waals surface area contributed by atoms with Crippen molar-refractivity contribution in [3.8, 4) is 6.07 Å². The molecule has 2 aromatic rings. The van der Waals surface area contributed by atoms with Gasteiger partial charge in [-0.2, -0.15) is 18.4 Å². The summed E-state index contributed by atoms with van der Waals surface area (Å²) in [6, 6.07) is 10.1. The van der Waals surface area contributed by atoms with Gasteiger partial charge in [0.15, 0.2) is 0 Å². The summed E-state index contributed by atoms with van der Waals surface area (Å²) in [5.74, 6) is -1.83. The third-order valence-corrected chi connectivity index (χ3v) is 7.50. The number of alkyl halides is 3. The highest BCUT2D eigenvalue weighted by Gasteiger charge is 2.45. The highest BCUT2D eigenvalue weighted by molar-refractivity contribution is 5.98. The number of hydrogen-bond donors (Lipinski definition) is 1. The minimum Gasteiger partial charge on any atom is -0.347 e. The molecule has 36 heavy (non-hydrogen) atoms. The van der Waals surface area contributed by atoms with Crippen LogP contribution in [0.3, 0.4) is 0 Å². The van der Waals surface area contributed by atoms with Crippen LogP contribution in [0.15, 0.2) is 42.5 Å². The van der Waals surface area contributed by atoms with Crippen LogP contribution in [0.2, 0.25) is 0 Å². The minimum atomic E-state index is -4.66. The number of nitrogens with one attached hydrogen (secondary N) is 1. The van der Waals surface area contributed by atoms with E-state index in [9.17, 15) is 32.4 Å². The van der Waals surface area contributed by atoms with Crippen molar-refractivity contribution in [2.75, 3.05) is 6.54 Å². The Kier molecular flexibility index (Phi) is 6.01. The van der Waals surface area contributed by atoms with Gasteiger partial charge < -0.3 is 10.2 Å². The molecule has 1 heterocycles. The number of rotatable bonds is 6. The normalized spacial score (nSPS) is 21.5. The van der Waals surface area contributed by atoms with Crippen LogP contribution in [0.25, 0.3) is 0 Å². The zero-order chi connectivity index (χ0) is 25.7. The Labute approximate surface area is 206 Å². The fourth-order valence-electron chi connectivity index (χ4n) is 5.07. The van der Waals surface area contributed by atoms with E-state index < -0.39 is 41.0 Å². The van der Waals surface area contributed by atoms with Gasteiger partial charge in [-0.25, -0.2) is 4.39 Å². The van der Waals surface area contributed by atoms with Crippen molar-refractivity contribution < 1.29 is 27.2 Å². The molecule has 1 aliphatic heterocycles. The predicted octanol–water partition coefficient (Wildman–Crippen LogP) is 5.27. The quantitative estimate of drug-likeness (QED) is 0.551. The van der Waals surface area contributed by atoms with Crippen molar-refractivity contribution in [3.63, 3.8) is 0 Å². The molecular weight excluding hydrogens is 474 g/mol. The molecule has 2 amide bonds. The van der Waals surface area contributed by atoms with Gasteiger partial charge in [0, 0.05) is 17.7 Å². The van der Waals surface area contributed by atoms with Gasteiger partial charge in [-0.3, -0.25) is 9.59 Å². The number of carbonyl (C=O) groups excluding carboxylic acids is 2. The Bertz CT molecular complexity index is 1240. The lowest BCUT2D eigenvalue weighted by atomic mass is 9.95. The molecule has 2 atom stereocenters. The second-order valence-corrected chi connectivity index (χ2v) is 9.99. The molecule has 1 unspecified atom stereocenters. The number of halogens is 4. The number of nitriles is 1. The Morgan fingerprint density at radius 2 is 1.86 bits per heavy atom. The van der Waals surface area contributed by atoms with E-state index in [2.05, 4.69) is 11.4 Å². The third-order valence-electron chi connectivity index (χ3n) is 7.50. The van der Waals surface area contributed by atoms with Crippen molar-refractivity contribution in [2.24, 2.45) is 5.92 Å². The van der Waals surface area contributed by atoms with Gasteiger partial charge in [0.1, 0.15) is 11.9 Å². The fourth-order valence-corrected chi connectivity index (χ4v) is 5.07. The first-order valence-corrected chi connectivity index (χ1v) is 12.1. The molecule has 0 aromatic heterocycles. The van der Waals surface area contributed by atoms with Gasteiger partial charge >= 0.3 is 6.18 Å². The standard InChI is InChI=1S/C27H25F4N3O2/c28-21-14-19(27(29,30)31)8-9-20(21)23(16-6-7-16)33-24(35)22-5-2-12-34(22)25(36)17-3-1-4-18(13-17)26(15-32)10-11-26/h1,3-4,8-9,13-14,16,22-23H,2,5-7,10-12H2,(H,33,35)/t22-,23?/m1/s1. The van der Waals surface area contributed by atoms with Crippen molar-refractivity contribution >= 4 is 11.8 Å². The highest BCUT2D eigenvalue weighted by atomic mass is 19.4. The van der Waals surface area contributed by atoms with Crippen molar-refractivity contribution in [3.05, 3.63) is 70.5 Å². The van der Waals surface area contributed by atoms with Gasteiger partial charge in [0.25, 0.3) is 5.91 Å². The van der Waals surface area contributed by atoms with E-state index in [1.807, 2.05) is 6.07 Å². The fraction of sp³-hybridized carbons (Fsp3) is 0.444. The van der Waals surface area contributed by atoms with Crippen molar-refractivity contribution in [1.82, 2.24) is 10.2 Å². The van der Waals surface area contributed by atoms with E-state index in [0.717, 1.165) is 43.4 Å². The summed E-state index contributed by atoms with van der Waals surface area (Å²) in [6.45, 7) is 0.382. The Morgan fingerprint density at radius 3 is 2.47 bits per heavy atom. The second-order valence-electron chi connectivity index (χ2n) is 9.99. The van der Waals surface area contributed by atoms with Crippen LogP contribution in [-0.4, -0.2) is 29.3 Å². The van der Waals surface area contributed by atoms with E-state index in [0.29, 0.717) is 31.0 Å². The molecule has 2 saturated carbocycles. The average molecular weight is 500 g/mol. The number of benzene rings is 2. The molecule has 0 bridgehead atoms. The second kappa shape index (κ2) is 8.91. The van der Waals surface area contributed by atoms with Crippen LogP contribution >= 0.6 is 0 Å². The monoisotopic (exact) mass is 499 g/mol. The molecule has 1 saturated heterocycles.